The fraction of sp³-hybridized carbons (Fsp3) is 0.0714. The van der Waals surface area contributed by atoms with Gasteiger partial charge in [-0.15, -0.1) is 0 Å². The molecule has 0 atom stereocenters. The van der Waals surface area contributed by atoms with Gasteiger partial charge < -0.3 is 14.5 Å². The third-order valence-corrected chi connectivity index (χ3v) is 6.06. The standard InChI is InChI=1S/C28H20ClN3O4/c1-16-3-12-21(13-22(16)27(34)35-2)36-28-30-24-14-23(29)25(31-26(24)32-28)20-10-8-19(9-11-20)18-6-4-17(15-33)5-7-18/h3-15H,1-2H3,(H,30,31,32). The predicted molar refractivity (Wildman–Crippen MR) is 138 cm³/mol. The molecule has 0 amide bonds. The lowest BCUT2D eigenvalue weighted by molar-refractivity contribution is 0.0599. The van der Waals surface area contributed by atoms with Crippen LogP contribution in [0.1, 0.15) is 26.3 Å². The van der Waals surface area contributed by atoms with Crippen molar-refractivity contribution in [1.82, 2.24) is 15.0 Å². The van der Waals surface area contributed by atoms with Crippen molar-refractivity contribution in [3.05, 3.63) is 94.5 Å². The molecule has 0 unspecified atom stereocenters. The number of esters is 1. The largest absolute Gasteiger partial charge is 0.465 e. The van der Waals surface area contributed by atoms with Crippen LogP contribution in [-0.4, -0.2) is 34.3 Å². The lowest BCUT2D eigenvalue weighted by Gasteiger charge is -2.07. The topological polar surface area (TPSA) is 94.2 Å². The van der Waals surface area contributed by atoms with Gasteiger partial charge in [-0.1, -0.05) is 66.2 Å². The zero-order valence-electron chi connectivity index (χ0n) is 19.4. The Hall–Kier alpha value is -4.49. The molecule has 0 spiro atoms. The summed E-state index contributed by atoms with van der Waals surface area (Å²) in [5, 5.41) is 0.462. The van der Waals surface area contributed by atoms with E-state index in [1.54, 1.807) is 36.4 Å². The molecule has 2 heterocycles. The van der Waals surface area contributed by atoms with E-state index >= 15 is 0 Å². The molecule has 0 radical (unpaired) electrons. The van der Waals surface area contributed by atoms with Gasteiger partial charge in [0.15, 0.2) is 5.65 Å². The maximum absolute atomic E-state index is 12.0. The zero-order chi connectivity index (χ0) is 25.2. The molecule has 7 nitrogen and oxygen atoms in total. The summed E-state index contributed by atoms with van der Waals surface area (Å²) in [6.07, 6.45) is 0.822. The summed E-state index contributed by atoms with van der Waals surface area (Å²) in [4.78, 5) is 35.0. The first-order valence-corrected chi connectivity index (χ1v) is 11.4. The van der Waals surface area contributed by atoms with Crippen molar-refractivity contribution in [2.45, 2.75) is 6.92 Å². The van der Waals surface area contributed by atoms with Crippen molar-refractivity contribution in [2.75, 3.05) is 7.11 Å². The molecular formula is C28H20ClN3O4. The Morgan fingerprint density at radius 3 is 2.25 bits per heavy atom. The summed E-state index contributed by atoms with van der Waals surface area (Å²) >= 11 is 6.55. The van der Waals surface area contributed by atoms with E-state index in [9.17, 15) is 9.59 Å². The number of aromatic amines is 1. The average Bonchev–Trinajstić information content (AvgIpc) is 3.29. The van der Waals surface area contributed by atoms with E-state index in [0.717, 1.165) is 28.5 Å². The monoisotopic (exact) mass is 497 g/mol. The lowest BCUT2D eigenvalue weighted by atomic mass is 10.0. The van der Waals surface area contributed by atoms with Gasteiger partial charge in [0.25, 0.3) is 0 Å². The van der Waals surface area contributed by atoms with Crippen LogP contribution >= 0.6 is 11.6 Å². The number of methoxy groups -OCH3 is 1. The highest BCUT2D eigenvalue weighted by Gasteiger charge is 2.15. The first-order valence-electron chi connectivity index (χ1n) is 11.0. The Labute approximate surface area is 211 Å². The second-order valence-corrected chi connectivity index (χ2v) is 8.53. The van der Waals surface area contributed by atoms with Gasteiger partial charge in [-0.2, -0.15) is 4.98 Å². The normalized spacial score (nSPS) is 10.9. The number of hydrogen-bond acceptors (Lipinski definition) is 6. The first-order chi connectivity index (χ1) is 17.4. The number of rotatable bonds is 6. The van der Waals surface area contributed by atoms with Crippen LogP contribution in [0.2, 0.25) is 5.02 Å². The molecular weight excluding hydrogens is 478 g/mol. The molecule has 2 aromatic heterocycles. The van der Waals surface area contributed by atoms with Crippen LogP contribution in [0.15, 0.2) is 72.8 Å². The number of aromatic nitrogens is 3. The van der Waals surface area contributed by atoms with Gasteiger partial charge in [0.2, 0.25) is 0 Å². The molecule has 36 heavy (non-hydrogen) atoms. The number of hydrogen-bond donors (Lipinski definition) is 1. The van der Waals surface area contributed by atoms with Gasteiger partial charge in [0, 0.05) is 11.1 Å². The summed E-state index contributed by atoms with van der Waals surface area (Å²) in [6.45, 7) is 1.82. The van der Waals surface area contributed by atoms with Gasteiger partial charge >= 0.3 is 12.0 Å². The van der Waals surface area contributed by atoms with Crippen LogP contribution < -0.4 is 4.74 Å². The number of imidazole rings is 1. The fourth-order valence-electron chi connectivity index (χ4n) is 3.83. The van der Waals surface area contributed by atoms with Crippen LogP contribution in [0, 0.1) is 6.92 Å². The van der Waals surface area contributed by atoms with Crippen LogP contribution in [0.25, 0.3) is 33.5 Å². The number of nitrogens with zero attached hydrogens (tertiary/aromatic N) is 2. The number of aldehydes is 1. The average molecular weight is 498 g/mol. The summed E-state index contributed by atoms with van der Waals surface area (Å²) in [6, 6.07) is 22.3. The molecule has 0 aliphatic heterocycles. The van der Waals surface area contributed by atoms with Gasteiger partial charge in [-0.3, -0.25) is 4.79 Å². The molecule has 8 heteroatoms. The van der Waals surface area contributed by atoms with Gasteiger partial charge in [0.1, 0.15) is 12.0 Å². The number of aryl methyl sites for hydroxylation is 1. The number of H-pyrrole nitrogens is 1. The number of pyridine rings is 1. The Bertz CT molecular complexity index is 1590. The molecule has 5 aromatic rings. The highest BCUT2D eigenvalue weighted by atomic mass is 35.5. The smallest absolute Gasteiger partial charge is 0.338 e. The molecule has 5 rings (SSSR count). The van der Waals surface area contributed by atoms with Crippen molar-refractivity contribution in [1.29, 1.82) is 0 Å². The van der Waals surface area contributed by atoms with E-state index in [0.29, 0.717) is 38.8 Å². The second kappa shape index (κ2) is 9.64. The Morgan fingerprint density at radius 1 is 0.917 bits per heavy atom. The number of carbonyl (C=O) groups is 2. The molecule has 0 saturated carbocycles. The molecule has 178 valence electrons. The second-order valence-electron chi connectivity index (χ2n) is 8.12. The molecule has 0 fully saturated rings. The van der Waals surface area contributed by atoms with Crippen LogP contribution in [0.5, 0.6) is 11.8 Å². The fourth-order valence-corrected chi connectivity index (χ4v) is 4.09. The van der Waals surface area contributed by atoms with Crippen LogP contribution in [0.3, 0.4) is 0 Å². The van der Waals surface area contributed by atoms with Crippen molar-refractivity contribution < 1.29 is 19.1 Å². The summed E-state index contributed by atoms with van der Waals surface area (Å²) in [5.74, 6) is -0.00668. The maximum atomic E-state index is 12.0. The number of nitrogens with one attached hydrogen (secondary N) is 1. The van der Waals surface area contributed by atoms with Crippen molar-refractivity contribution in [2.24, 2.45) is 0 Å². The Kier molecular flexibility index (Phi) is 6.23. The highest BCUT2D eigenvalue weighted by molar-refractivity contribution is 6.33. The Balaban J connectivity index is 1.42. The van der Waals surface area contributed by atoms with Gasteiger partial charge in [-0.05, 0) is 41.8 Å². The minimum Gasteiger partial charge on any atom is -0.465 e. The van der Waals surface area contributed by atoms with E-state index < -0.39 is 5.97 Å². The number of halogens is 1. The number of fused-ring (bicyclic) bond motifs is 1. The van der Waals surface area contributed by atoms with Crippen LogP contribution in [0.4, 0.5) is 0 Å². The molecule has 1 N–H and O–H groups in total. The third-order valence-electron chi connectivity index (χ3n) is 5.77. The quantitative estimate of drug-likeness (QED) is 0.208. The van der Waals surface area contributed by atoms with E-state index in [1.807, 2.05) is 43.3 Å². The molecule has 3 aromatic carbocycles. The zero-order valence-corrected chi connectivity index (χ0v) is 20.2. The van der Waals surface area contributed by atoms with Crippen molar-refractivity contribution in [3.8, 4) is 34.1 Å². The van der Waals surface area contributed by atoms with Crippen LogP contribution in [-0.2, 0) is 4.74 Å². The summed E-state index contributed by atoms with van der Waals surface area (Å²) < 4.78 is 10.7. The molecule has 0 aliphatic carbocycles. The van der Waals surface area contributed by atoms with E-state index in [-0.39, 0.29) is 6.01 Å². The van der Waals surface area contributed by atoms with Crippen molar-refractivity contribution >= 4 is 35.0 Å². The predicted octanol–water partition coefficient (Wildman–Crippen LogP) is 6.65. The van der Waals surface area contributed by atoms with E-state index in [2.05, 4.69) is 15.0 Å². The minimum atomic E-state index is -0.440. The first kappa shape index (κ1) is 23.3. The number of benzene rings is 3. The maximum Gasteiger partial charge on any atom is 0.338 e. The lowest BCUT2D eigenvalue weighted by Crippen LogP contribution is -2.04. The minimum absolute atomic E-state index is 0.222. The van der Waals surface area contributed by atoms with Crippen molar-refractivity contribution in [3.63, 3.8) is 0 Å². The van der Waals surface area contributed by atoms with Gasteiger partial charge in [-0.25, -0.2) is 9.78 Å². The SMILES string of the molecule is COC(=O)c1cc(Oc2nc3nc(-c4ccc(-c5ccc(C=O)cc5)cc4)c(Cl)cc3[nH]2)ccc1C. The highest BCUT2D eigenvalue weighted by Crippen LogP contribution is 2.32. The van der Waals surface area contributed by atoms with E-state index in [4.69, 9.17) is 21.1 Å². The summed E-state index contributed by atoms with van der Waals surface area (Å²) in [7, 11) is 1.33. The molecule has 0 aliphatic rings. The molecule has 0 bridgehead atoms. The number of ether oxygens (including phenoxy) is 2. The number of carbonyl (C=O) groups excluding carboxylic acids is 2. The third kappa shape index (κ3) is 4.56. The molecule has 0 saturated heterocycles. The summed E-state index contributed by atoms with van der Waals surface area (Å²) in [5.41, 5.74) is 6.32. The van der Waals surface area contributed by atoms with Gasteiger partial charge in [0.05, 0.1) is 28.9 Å². The van der Waals surface area contributed by atoms with E-state index in [1.165, 1.54) is 7.11 Å². The Morgan fingerprint density at radius 2 is 1.58 bits per heavy atom.